The zero-order valence-electron chi connectivity index (χ0n) is 9.65. The number of nitrogens with one attached hydrogen (secondary N) is 1. The van der Waals surface area contributed by atoms with Gasteiger partial charge in [0.15, 0.2) is 0 Å². The minimum Gasteiger partial charge on any atom is -0.497 e. The van der Waals surface area contributed by atoms with E-state index in [0.717, 1.165) is 16.5 Å². The van der Waals surface area contributed by atoms with Crippen molar-refractivity contribution in [2.75, 3.05) is 7.11 Å². The number of rotatable bonds is 3. The molecule has 2 rings (SSSR count). The number of benzene rings is 1. The number of aliphatic carboxylic acids is 1. The molecule has 0 aliphatic rings. The van der Waals surface area contributed by atoms with E-state index in [1.54, 1.807) is 19.4 Å². The Labute approximate surface area is 98.2 Å². The standard InChI is InChI=1S/C12H14N2O3/c1-6-3-7(17-2)4-8-9(5-14-11(6)8)10(13)12(15)16/h3-5,10,14H,13H2,1-2H3,(H,15,16). The SMILES string of the molecule is COc1cc(C)c2[nH]cc(C(N)C(=O)O)c2c1. The van der Waals surface area contributed by atoms with Gasteiger partial charge in [-0.1, -0.05) is 0 Å². The Morgan fingerprint density at radius 3 is 2.82 bits per heavy atom. The van der Waals surface area contributed by atoms with E-state index >= 15 is 0 Å². The van der Waals surface area contributed by atoms with Crippen LogP contribution in [0.1, 0.15) is 17.2 Å². The van der Waals surface area contributed by atoms with Crippen molar-refractivity contribution in [2.45, 2.75) is 13.0 Å². The van der Waals surface area contributed by atoms with E-state index in [1.165, 1.54) is 0 Å². The molecule has 1 atom stereocenters. The van der Waals surface area contributed by atoms with E-state index in [1.807, 2.05) is 13.0 Å². The number of hydrogen-bond acceptors (Lipinski definition) is 3. The van der Waals surface area contributed by atoms with E-state index in [9.17, 15) is 4.79 Å². The number of carboxylic acids is 1. The van der Waals surface area contributed by atoms with Crippen molar-refractivity contribution < 1.29 is 14.6 Å². The van der Waals surface area contributed by atoms with Crippen LogP contribution >= 0.6 is 0 Å². The summed E-state index contributed by atoms with van der Waals surface area (Å²) in [5, 5.41) is 9.73. The quantitative estimate of drug-likeness (QED) is 0.752. The number of carbonyl (C=O) groups is 1. The number of methoxy groups -OCH3 is 1. The van der Waals surface area contributed by atoms with Gasteiger partial charge in [0.2, 0.25) is 0 Å². The predicted octanol–water partition coefficient (Wildman–Crippen LogP) is 1.57. The van der Waals surface area contributed by atoms with Crippen LogP contribution in [-0.2, 0) is 4.79 Å². The molecule has 0 amide bonds. The number of hydrogen-bond donors (Lipinski definition) is 3. The van der Waals surface area contributed by atoms with Gasteiger partial charge in [-0.2, -0.15) is 0 Å². The van der Waals surface area contributed by atoms with Gasteiger partial charge in [-0.15, -0.1) is 0 Å². The van der Waals surface area contributed by atoms with E-state index in [0.29, 0.717) is 11.3 Å². The molecule has 5 heteroatoms. The molecule has 0 fully saturated rings. The van der Waals surface area contributed by atoms with Crippen molar-refractivity contribution in [1.82, 2.24) is 4.98 Å². The first-order valence-electron chi connectivity index (χ1n) is 5.18. The highest BCUT2D eigenvalue weighted by molar-refractivity contribution is 5.91. The molecule has 0 saturated carbocycles. The number of fused-ring (bicyclic) bond motifs is 1. The summed E-state index contributed by atoms with van der Waals surface area (Å²) in [7, 11) is 1.57. The van der Waals surface area contributed by atoms with Crippen LogP contribution in [0.3, 0.4) is 0 Å². The minimum atomic E-state index is -1.05. The fourth-order valence-corrected chi connectivity index (χ4v) is 1.91. The molecule has 0 aliphatic carbocycles. The average molecular weight is 234 g/mol. The number of ether oxygens (including phenoxy) is 1. The van der Waals surface area contributed by atoms with Gasteiger partial charge >= 0.3 is 5.97 Å². The maximum Gasteiger partial charge on any atom is 0.325 e. The highest BCUT2D eigenvalue weighted by Crippen LogP contribution is 2.29. The number of carboxylic acid groups (broad SMARTS) is 1. The Bertz CT molecular complexity index is 574. The van der Waals surface area contributed by atoms with Crippen LogP contribution in [0.25, 0.3) is 10.9 Å². The molecule has 0 radical (unpaired) electrons. The molecule has 1 aromatic heterocycles. The van der Waals surface area contributed by atoms with E-state index < -0.39 is 12.0 Å². The van der Waals surface area contributed by atoms with Gasteiger partial charge in [0.25, 0.3) is 0 Å². The molecule has 1 heterocycles. The van der Waals surface area contributed by atoms with Crippen LogP contribution in [0.4, 0.5) is 0 Å². The monoisotopic (exact) mass is 234 g/mol. The van der Waals surface area contributed by atoms with Gasteiger partial charge in [0.05, 0.1) is 7.11 Å². The van der Waals surface area contributed by atoms with Crippen LogP contribution in [0.15, 0.2) is 18.3 Å². The first kappa shape index (κ1) is 11.5. The molecule has 4 N–H and O–H groups in total. The lowest BCUT2D eigenvalue weighted by atomic mass is 10.0. The molecule has 0 aliphatic heterocycles. The van der Waals surface area contributed by atoms with Gasteiger partial charge in [-0.3, -0.25) is 4.79 Å². The van der Waals surface area contributed by atoms with Gasteiger partial charge in [0.1, 0.15) is 11.8 Å². The normalized spacial score (nSPS) is 12.6. The Morgan fingerprint density at radius 1 is 1.53 bits per heavy atom. The van der Waals surface area contributed by atoms with E-state index in [4.69, 9.17) is 15.6 Å². The topological polar surface area (TPSA) is 88.3 Å². The maximum atomic E-state index is 10.9. The Kier molecular flexibility index (Phi) is 2.77. The number of nitrogens with two attached hydrogens (primary N) is 1. The summed E-state index contributed by atoms with van der Waals surface area (Å²) in [6.45, 7) is 1.93. The molecule has 2 aromatic rings. The summed E-state index contributed by atoms with van der Waals surface area (Å²) in [5.74, 6) is -0.361. The van der Waals surface area contributed by atoms with Crippen LogP contribution in [0, 0.1) is 6.92 Å². The lowest BCUT2D eigenvalue weighted by Gasteiger charge is -2.07. The molecule has 0 spiro atoms. The second-order valence-electron chi connectivity index (χ2n) is 3.93. The highest BCUT2D eigenvalue weighted by Gasteiger charge is 2.19. The zero-order chi connectivity index (χ0) is 12.6. The summed E-state index contributed by atoms with van der Waals surface area (Å²) in [4.78, 5) is 14.0. The number of H-pyrrole nitrogens is 1. The molecule has 17 heavy (non-hydrogen) atoms. The van der Waals surface area contributed by atoms with Crippen LogP contribution in [-0.4, -0.2) is 23.2 Å². The lowest BCUT2D eigenvalue weighted by Crippen LogP contribution is -2.20. The zero-order valence-corrected chi connectivity index (χ0v) is 9.65. The van der Waals surface area contributed by atoms with Gasteiger partial charge in [-0.05, 0) is 24.6 Å². The Morgan fingerprint density at radius 2 is 2.24 bits per heavy atom. The summed E-state index contributed by atoms with van der Waals surface area (Å²) in [6, 6.07) is 2.64. The third-order valence-corrected chi connectivity index (χ3v) is 2.83. The van der Waals surface area contributed by atoms with Gasteiger partial charge in [0, 0.05) is 22.7 Å². The predicted molar refractivity (Wildman–Crippen MR) is 64.2 cm³/mol. The smallest absolute Gasteiger partial charge is 0.325 e. The molecule has 1 unspecified atom stereocenters. The Balaban J connectivity index is 2.66. The van der Waals surface area contributed by atoms with E-state index in [2.05, 4.69) is 4.98 Å². The second-order valence-corrected chi connectivity index (χ2v) is 3.93. The largest absolute Gasteiger partial charge is 0.497 e. The highest BCUT2D eigenvalue weighted by atomic mass is 16.5. The Hall–Kier alpha value is -2.01. The number of aromatic nitrogens is 1. The van der Waals surface area contributed by atoms with Crippen molar-refractivity contribution in [3.8, 4) is 5.75 Å². The molecule has 1 aromatic carbocycles. The summed E-state index contributed by atoms with van der Waals surface area (Å²) in [5.41, 5.74) is 8.07. The maximum absolute atomic E-state index is 10.9. The summed E-state index contributed by atoms with van der Waals surface area (Å²) < 4.78 is 5.17. The first-order chi connectivity index (χ1) is 8.04. The summed E-state index contributed by atoms with van der Waals surface area (Å²) in [6.07, 6.45) is 1.63. The van der Waals surface area contributed by atoms with Crippen molar-refractivity contribution in [2.24, 2.45) is 5.73 Å². The van der Waals surface area contributed by atoms with E-state index in [-0.39, 0.29) is 0 Å². The number of aromatic amines is 1. The van der Waals surface area contributed by atoms with Gasteiger partial charge < -0.3 is 20.6 Å². The molecule has 5 nitrogen and oxygen atoms in total. The molecule has 0 bridgehead atoms. The average Bonchev–Trinajstić information content (AvgIpc) is 2.71. The van der Waals surface area contributed by atoms with Gasteiger partial charge in [-0.25, -0.2) is 0 Å². The minimum absolute atomic E-state index is 0.564. The second kappa shape index (κ2) is 4.10. The number of aryl methyl sites for hydroxylation is 1. The third-order valence-electron chi connectivity index (χ3n) is 2.83. The van der Waals surface area contributed by atoms with Crippen LogP contribution in [0.2, 0.25) is 0 Å². The third kappa shape index (κ3) is 1.85. The molecular formula is C12H14N2O3. The van der Waals surface area contributed by atoms with Crippen molar-refractivity contribution in [1.29, 1.82) is 0 Å². The molecule has 0 saturated heterocycles. The first-order valence-corrected chi connectivity index (χ1v) is 5.18. The fourth-order valence-electron chi connectivity index (χ4n) is 1.91. The van der Waals surface area contributed by atoms with Crippen molar-refractivity contribution >= 4 is 16.9 Å². The van der Waals surface area contributed by atoms with Crippen LogP contribution in [0.5, 0.6) is 5.75 Å². The van der Waals surface area contributed by atoms with Crippen LogP contribution < -0.4 is 10.5 Å². The lowest BCUT2D eigenvalue weighted by molar-refractivity contribution is -0.138. The molecule has 90 valence electrons. The fraction of sp³-hybridized carbons (Fsp3) is 0.250. The summed E-state index contributed by atoms with van der Waals surface area (Å²) >= 11 is 0. The van der Waals surface area contributed by atoms with Crippen molar-refractivity contribution in [3.05, 3.63) is 29.5 Å². The molecular weight excluding hydrogens is 220 g/mol. The van der Waals surface area contributed by atoms with Crippen molar-refractivity contribution in [3.63, 3.8) is 0 Å².